The number of hydrogen-bond donors (Lipinski definition) is 1. The summed E-state index contributed by atoms with van der Waals surface area (Å²) in [5, 5.41) is 11.1. The fourth-order valence-corrected chi connectivity index (χ4v) is 1.82. The van der Waals surface area contributed by atoms with Crippen LogP contribution in [0.2, 0.25) is 0 Å². The van der Waals surface area contributed by atoms with Crippen molar-refractivity contribution in [2.45, 2.75) is 53.1 Å². The van der Waals surface area contributed by atoms with Gasteiger partial charge in [0.1, 0.15) is 0 Å². The molecular formula is C13H21N5O2. The first-order valence-corrected chi connectivity index (χ1v) is 6.83. The molecule has 0 aliphatic carbocycles. The second-order valence-corrected chi connectivity index (χ2v) is 5.49. The predicted molar refractivity (Wildman–Crippen MR) is 71.8 cm³/mol. The Bertz CT molecular complexity index is 546. The van der Waals surface area contributed by atoms with E-state index in [9.17, 15) is 0 Å². The van der Waals surface area contributed by atoms with Crippen LogP contribution in [0.3, 0.4) is 0 Å². The predicted octanol–water partition coefficient (Wildman–Crippen LogP) is 2.37. The van der Waals surface area contributed by atoms with E-state index in [0.717, 1.165) is 0 Å². The number of nitrogens with zero attached hydrogens (tertiary/aromatic N) is 4. The summed E-state index contributed by atoms with van der Waals surface area (Å²) in [6.07, 6.45) is 0. The highest BCUT2D eigenvalue weighted by Crippen LogP contribution is 2.20. The number of rotatable bonds is 6. The minimum absolute atomic E-state index is 0.0304. The smallest absolute Gasteiger partial charge is 0.244 e. The monoisotopic (exact) mass is 279 g/mol. The zero-order chi connectivity index (χ0) is 14.7. The number of hydrogen-bond acceptors (Lipinski definition) is 7. The van der Waals surface area contributed by atoms with Crippen molar-refractivity contribution in [3.05, 3.63) is 23.4 Å². The fraction of sp³-hybridized carbons (Fsp3) is 0.692. The number of nitrogens with one attached hydrogen (secondary N) is 1. The van der Waals surface area contributed by atoms with E-state index in [1.165, 1.54) is 0 Å². The lowest BCUT2D eigenvalue weighted by Crippen LogP contribution is -2.26. The van der Waals surface area contributed by atoms with Crippen LogP contribution in [0.5, 0.6) is 0 Å². The van der Waals surface area contributed by atoms with Crippen LogP contribution < -0.4 is 5.32 Å². The van der Waals surface area contributed by atoms with E-state index in [0.29, 0.717) is 35.9 Å². The second kappa shape index (κ2) is 6.13. The van der Waals surface area contributed by atoms with Gasteiger partial charge in [0.25, 0.3) is 0 Å². The molecule has 0 saturated carbocycles. The molecule has 7 nitrogen and oxygen atoms in total. The quantitative estimate of drug-likeness (QED) is 0.868. The lowest BCUT2D eigenvalue weighted by Gasteiger charge is -2.17. The van der Waals surface area contributed by atoms with E-state index in [2.05, 4.69) is 39.4 Å². The van der Waals surface area contributed by atoms with Crippen molar-refractivity contribution >= 4 is 0 Å². The van der Waals surface area contributed by atoms with Crippen LogP contribution >= 0.6 is 0 Å². The third kappa shape index (κ3) is 3.41. The van der Waals surface area contributed by atoms with Crippen LogP contribution in [0.15, 0.2) is 9.05 Å². The highest BCUT2D eigenvalue weighted by Gasteiger charge is 2.22. The van der Waals surface area contributed by atoms with Crippen molar-refractivity contribution in [3.63, 3.8) is 0 Å². The van der Waals surface area contributed by atoms with Gasteiger partial charge in [0.05, 0.1) is 12.6 Å². The summed E-state index contributed by atoms with van der Waals surface area (Å²) in [7, 11) is 0. The zero-order valence-corrected chi connectivity index (χ0v) is 12.5. The Hall–Kier alpha value is -1.76. The van der Waals surface area contributed by atoms with Gasteiger partial charge < -0.3 is 9.05 Å². The van der Waals surface area contributed by atoms with Gasteiger partial charge in [0.15, 0.2) is 11.6 Å². The number of aryl methyl sites for hydroxylation is 1. The van der Waals surface area contributed by atoms with Crippen molar-refractivity contribution in [2.24, 2.45) is 5.92 Å². The third-order valence-electron chi connectivity index (χ3n) is 2.93. The summed E-state index contributed by atoms with van der Waals surface area (Å²) in [5.74, 6) is 3.05. The van der Waals surface area contributed by atoms with Crippen LogP contribution in [0.4, 0.5) is 0 Å². The normalized spacial score (nSPS) is 13.3. The third-order valence-corrected chi connectivity index (χ3v) is 2.93. The molecule has 0 radical (unpaired) electrons. The maximum atomic E-state index is 5.23. The van der Waals surface area contributed by atoms with E-state index in [1.54, 1.807) is 6.92 Å². The molecule has 2 heterocycles. The minimum Gasteiger partial charge on any atom is -0.339 e. The van der Waals surface area contributed by atoms with E-state index in [-0.39, 0.29) is 12.0 Å². The highest BCUT2D eigenvalue weighted by atomic mass is 16.5. The second-order valence-electron chi connectivity index (χ2n) is 5.49. The molecule has 7 heteroatoms. The number of aromatic nitrogens is 4. The highest BCUT2D eigenvalue weighted by molar-refractivity contribution is 4.95. The Morgan fingerprint density at radius 1 is 1.00 bits per heavy atom. The van der Waals surface area contributed by atoms with Crippen LogP contribution in [-0.4, -0.2) is 20.3 Å². The van der Waals surface area contributed by atoms with Crippen LogP contribution in [0.25, 0.3) is 0 Å². The summed E-state index contributed by atoms with van der Waals surface area (Å²) in [6.45, 7) is 10.5. The molecule has 0 unspecified atom stereocenters. The Labute approximate surface area is 118 Å². The summed E-state index contributed by atoms with van der Waals surface area (Å²) in [6, 6.07) is -0.0304. The van der Waals surface area contributed by atoms with Gasteiger partial charge in [-0.3, -0.25) is 5.32 Å². The first kappa shape index (κ1) is 14.6. The molecule has 2 aromatic heterocycles. The van der Waals surface area contributed by atoms with Crippen molar-refractivity contribution < 1.29 is 9.05 Å². The van der Waals surface area contributed by atoms with Crippen LogP contribution in [-0.2, 0) is 6.54 Å². The summed E-state index contributed by atoms with van der Waals surface area (Å²) in [5.41, 5.74) is 0. The summed E-state index contributed by atoms with van der Waals surface area (Å²) >= 11 is 0. The first-order valence-electron chi connectivity index (χ1n) is 6.83. The molecule has 20 heavy (non-hydrogen) atoms. The average molecular weight is 279 g/mol. The van der Waals surface area contributed by atoms with Gasteiger partial charge in [0, 0.05) is 5.92 Å². The largest absolute Gasteiger partial charge is 0.339 e. The van der Waals surface area contributed by atoms with Crippen molar-refractivity contribution in [2.75, 3.05) is 0 Å². The van der Waals surface area contributed by atoms with Gasteiger partial charge in [-0.2, -0.15) is 9.97 Å². The molecule has 0 bridgehead atoms. The molecule has 0 aliphatic rings. The Morgan fingerprint density at radius 3 is 2.20 bits per heavy atom. The molecular weight excluding hydrogens is 258 g/mol. The molecule has 0 aliphatic heterocycles. The van der Waals surface area contributed by atoms with Gasteiger partial charge in [-0.25, -0.2) is 0 Å². The maximum Gasteiger partial charge on any atom is 0.244 e. The molecule has 110 valence electrons. The molecule has 0 saturated heterocycles. The molecule has 0 aromatic carbocycles. The molecule has 0 amide bonds. The van der Waals surface area contributed by atoms with E-state index >= 15 is 0 Å². The van der Waals surface area contributed by atoms with Crippen LogP contribution in [0, 0.1) is 12.8 Å². The topological polar surface area (TPSA) is 89.9 Å². The molecule has 0 spiro atoms. The Balaban J connectivity index is 2.02. The first-order chi connectivity index (χ1) is 9.47. The molecule has 1 atom stereocenters. The van der Waals surface area contributed by atoms with Crippen molar-refractivity contribution in [3.8, 4) is 0 Å². The van der Waals surface area contributed by atoms with Gasteiger partial charge in [-0.05, 0) is 12.8 Å². The standard InChI is InChI=1S/C13H21N5O2/c1-7(2)11(13-15-9(5)17-20-13)14-6-10-16-12(8(3)4)19-18-10/h7-8,11,14H,6H2,1-5H3/t11-/m0/s1. The Morgan fingerprint density at radius 2 is 1.70 bits per heavy atom. The lowest BCUT2D eigenvalue weighted by molar-refractivity contribution is 0.284. The van der Waals surface area contributed by atoms with Gasteiger partial charge in [-0.1, -0.05) is 38.0 Å². The molecule has 2 rings (SSSR count). The SMILES string of the molecule is Cc1noc([C@@H](NCc2noc(C(C)C)n2)C(C)C)n1. The maximum absolute atomic E-state index is 5.23. The summed E-state index contributed by atoms with van der Waals surface area (Å²) in [4.78, 5) is 8.61. The van der Waals surface area contributed by atoms with E-state index in [1.807, 2.05) is 13.8 Å². The van der Waals surface area contributed by atoms with Gasteiger partial charge >= 0.3 is 0 Å². The van der Waals surface area contributed by atoms with Crippen molar-refractivity contribution in [1.82, 2.24) is 25.6 Å². The molecule has 2 aromatic rings. The van der Waals surface area contributed by atoms with Gasteiger partial charge in [-0.15, -0.1) is 0 Å². The van der Waals surface area contributed by atoms with E-state index in [4.69, 9.17) is 9.05 Å². The lowest BCUT2D eigenvalue weighted by atomic mass is 10.0. The molecule has 0 fully saturated rings. The average Bonchev–Trinajstić information content (AvgIpc) is 2.98. The fourth-order valence-electron chi connectivity index (χ4n) is 1.82. The zero-order valence-electron chi connectivity index (χ0n) is 12.5. The Kier molecular flexibility index (Phi) is 4.49. The molecule has 1 N–H and O–H groups in total. The van der Waals surface area contributed by atoms with Gasteiger partial charge in [0.2, 0.25) is 11.8 Å². The summed E-state index contributed by atoms with van der Waals surface area (Å²) < 4.78 is 10.4. The van der Waals surface area contributed by atoms with E-state index < -0.39 is 0 Å². The minimum atomic E-state index is -0.0304. The van der Waals surface area contributed by atoms with Crippen LogP contribution in [0.1, 0.15) is 63.1 Å². The van der Waals surface area contributed by atoms with Crippen molar-refractivity contribution in [1.29, 1.82) is 0 Å².